The summed E-state index contributed by atoms with van der Waals surface area (Å²) in [7, 11) is 0. The van der Waals surface area contributed by atoms with Crippen LogP contribution in [0.25, 0.3) is 0 Å². The first-order chi connectivity index (χ1) is 9.11. The molecule has 1 aliphatic rings. The minimum Gasteiger partial charge on any atom is -0.376 e. The molecule has 3 nitrogen and oxygen atoms in total. The zero-order valence-corrected chi connectivity index (χ0v) is 14.8. The lowest BCUT2D eigenvalue weighted by Crippen LogP contribution is -2.43. The van der Waals surface area contributed by atoms with Gasteiger partial charge in [0.25, 0.3) is 5.91 Å². The van der Waals surface area contributed by atoms with Crippen molar-refractivity contribution in [3.8, 4) is 0 Å². The molecule has 0 radical (unpaired) electrons. The van der Waals surface area contributed by atoms with Gasteiger partial charge in [0.05, 0.1) is 19.2 Å². The molecule has 19 heavy (non-hydrogen) atoms. The van der Waals surface area contributed by atoms with Crippen LogP contribution in [0.15, 0.2) is 13.6 Å². The van der Waals surface area contributed by atoms with E-state index in [1.807, 2.05) is 11.0 Å². The zero-order valence-electron chi connectivity index (χ0n) is 10.8. The van der Waals surface area contributed by atoms with E-state index in [-0.39, 0.29) is 12.0 Å². The topological polar surface area (TPSA) is 29.5 Å². The average Bonchev–Trinajstić information content (AvgIpc) is 2.75. The molecule has 1 atom stereocenters. The van der Waals surface area contributed by atoms with Crippen molar-refractivity contribution < 1.29 is 9.53 Å². The fourth-order valence-corrected chi connectivity index (χ4v) is 4.98. The molecule has 2 heterocycles. The molecule has 0 spiro atoms. The van der Waals surface area contributed by atoms with Gasteiger partial charge in [-0.1, -0.05) is 6.92 Å². The maximum absolute atomic E-state index is 12.5. The average molecular weight is 411 g/mol. The molecule has 1 aromatic rings. The van der Waals surface area contributed by atoms with Crippen molar-refractivity contribution in [2.24, 2.45) is 0 Å². The number of amides is 1. The number of ether oxygens (including phenoxy) is 1. The molecule has 0 bridgehead atoms. The molecule has 0 aliphatic carbocycles. The van der Waals surface area contributed by atoms with Gasteiger partial charge in [0.1, 0.15) is 0 Å². The standard InChI is InChI=1S/C13H17Br2NO2S/c1-2-6-18-9-4-3-5-16(8-9)13(17)10-7-11(14)19-12(10)15/h7,9H,2-6,8H2,1H3. The Morgan fingerprint density at radius 3 is 3.00 bits per heavy atom. The maximum Gasteiger partial charge on any atom is 0.255 e. The van der Waals surface area contributed by atoms with E-state index in [1.54, 1.807) is 0 Å². The number of carbonyl (C=O) groups is 1. The molecule has 1 saturated heterocycles. The van der Waals surface area contributed by atoms with Crippen molar-refractivity contribution in [2.75, 3.05) is 19.7 Å². The molecule has 1 amide bonds. The summed E-state index contributed by atoms with van der Waals surface area (Å²) in [6.45, 7) is 4.41. The Labute approximate surface area is 134 Å². The van der Waals surface area contributed by atoms with E-state index < -0.39 is 0 Å². The third-order valence-corrected chi connectivity index (χ3v) is 5.45. The third-order valence-electron chi connectivity index (χ3n) is 3.11. The van der Waals surface area contributed by atoms with E-state index in [2.05, 4.69) is 38.8 Å². The number of nitrogens with zero attached hydrogens (tertiary/aromatic N) is 1. The van der Waals surface area contributed by atoms with Gasteiger partial charge in [0.15, 0.2) is 0 Å². The first-order valence-corrected chi connectivity index (χ1v) is 8.87. The Kier molecular flexibility index (Phi) is 5.87. The number of piperidine rings is 1. The van der Waals surface area contributed by atoms with Gasteiger partial charge in [-0.05, 0) is 57.2 Å². The quantitative estimate of drug-likeness (QED) is 0.740. The van der Waals surface area contributed by atoms with Crippen LogP contribution in [-0.4, -0.2) is 36.6 Å². The van der Waals surface area contributed by atoms with Crippen molar-refractivity contribution in [3.05, 3.63) is 19.2 Å². The smallest absolute Gasteiger partial charge is 0.255 e. The van der Waals surface area contributed by atoms with Gasteiger partial charge in [-0.2, -0.15) is 0 Å². The van der Waals surface area contributed by atoms with Crippen LogP contribution in [0.1, 0.15) is 36.5 Å². The third kappa shape index (κ3) is 4.03. The molecular weight excluding hydrogens is 394 g/mol. The lowest BCUT2D eigenvalue weighted by Gasteiger charge is -2.32. The molecule has 0 aromatic carbocycles. The van der Waals surface area contributed by atoms with Gasteiger partial charge in [-0.3, -0.25) is 4.79 Å². The molecule has 0 saturated carbocycles. The summed E-state index contributed by atoms with van der Waals surface area (Å²) >= 11 is 8.40. The summed E-state index contributed by atoms with van der Waals surface area (Å²) in [5.74, 6) is 0.0959. The van der Waals surface area contributed by atoms with Crippen LogP contribution in [-0.2, 0) is 4.74 Å². The minimum atomic E-state index is 0.0959. The molecule has 106 valence electrons. The first-order valence-electron chi connectivity index (χ1n) is 6.47. The largest absolute Gasteiger partial charge is 0.376 e. The number of carbonyl (C=O) groups excluding carboxylic acids is 1. The van der Waals surface area contributed by atoms with E-state index in [0.717, 1.165) is 45.6 Å². The van der Waals surface area contributed by atoms with Gasteiger partial charge in [-0.25, -0.2) is 0 Å². The van der Waals surface area contributed by atoms with Gasteiger partial charge in [0, 0.05) is 19.7 Å². The molecule has 1 unspecified atom stereocenters. The summed E-state index contributed by atoms with van der Waals surface area (Å²) in [5.41, 5.74) is 0.744. The number of hydrogen-bond donors (Lipinski definition) is 0. The Bertz CT molecular complexity index is 450. The van der Waals surface area contributed by atoms with Crippen LogP contribution in [0.4, 0.5) is 0 Å². The fourth-order valence-electron chi connectivity index (χ4n) is 2.20. The van der Waals surface area contributed by atoms with Crippen LogP contribution < -0.4 is 0 Å². The van der Waals surface area contributed by atoms with Crippen LogP contribution in [0, 0.1) is 0 Å². The van der Waals surface area contributed by atoms with Crippen LogP contribution >= 0.6 is 43.2 Å². The van der Waals surface area contributed by atoms with E-state index in [9.17, 15) is 4.79 Å². The van der Waals surface area contributed by atoms with Gasteiger partial charge in [0.2, 0.25) is 0 Å². The summed E-state index contributed by atoms with van der Waals surface area (Å²) in [5, 5.41) is 0. The molecule has 2 rings (SSSR count). The lowest BCUT2D eigenvalue weighted by molar-refractivity contribution is 0.00210. The number of likely N-dealkylation sites (tertiary alicyclic amines) is 1. The molecule has 6 heteroatoms. The second-order valence-electron chi connectivity index (χ2n) is 4.62. The highest BCUT2D eigenvalue weighted by atomic mass is 79.9. The zero-order chi connectivity index (χ0) is 13.8. The SMILES string of the molecule is CCCOC1CCCN(C(=O)c2cc(Br)sc2Br)C1. The highest BCUT2D eigenvalue weighted by molar-refractivity contribution is 9.12. The predicted octanol–water partition coefficient (Wildman–Crippen LogP) is 4.30. The number of halogens is 2. The highest BCUT2D eigenvalue weighted by Crippen LogP contribution is 2.33. The second-order valence-corrected chi connectivity index (χ2v) is 8.37. The minimum absolute atomic E-state index is 0.0959. The summed E-state index contributed by atoms with van der Waals surface area (Å²) in [6, 6.07) is 1.88. The monoisotopic (exact) mass is 409 g/mol. The van der Waals surface area contributed by atoms with Crippen molar-refractivity contribution in [1.29, 1.82) is 0 Å². The number of hydrogen-bond acceptors (Lipinski definition) is 3. The van der Waals surface area contributed by atoms with Crippen LogP contribution in [0.2, 0.25) is 0 Å². The Morgan fingerprint density at radius 2 is 2.37 bits per heavy atom. The summed E-state index contributed by atoms with van der Waals surface area (Å²) < 4.78 is 7.63. The van der Waals surface area contributed by atoms with Crippen LogP contribution in [0.3, 0.4) is 0 Å². The first kappa shape index (κ1) is 15.5. The predicted molar refractivity (Wildman–Crippen MR) is 84.9 cm³/mol. The second kappa shape index (κ2) is 7.20. The molecule has 1 fully saturated rings. The van der Waals surface area contributed by atoms with Crippen LogP contribution in [0.5, 0.6) is 0 Å². The lowest BCUT2D eigenvalue weighted by atomic mass is 10.1. The molecule has 1 aliphatic heterocycles. The normalized spacial score (nSPS) is 19.7. The van der Waals surface area contributed by atoms with Gasteiger partial charge >= 0.3 is 0 Å². The van der Waals surface area contributed by atoms with Gasteiger partial charge in [-0.15, -0.1) is 11.3 Å². The summed E-state index contributed by atoms with van der Waals surface area (Å²) in [4.78, 5) is 14.4. The van der Waals surface area contributed by atoms with Crippen molar-refractivity contribution >= 4 is 49.1 Å². The molecule has 1 aromatic heterocycles. The Morgan fingerprint density at radius 1 is 1.58 bits per heavy atom. The maximum atomic E-state index is 12.5. The van der Waals surface area contributed by atoms with Gasteiger partial charge < -0.3 is 9.64 Å². The van der Waals surface area contributed by atoms with E-state index in [1.165, 1.54) is 11.3 Å². The van der Waals surface area contributed by atoms with Crippen molar-refractivity contribution in [2.45, 2.75) is 32.3 Å². The Hall–Kier alpha value is 0.0900. The summed E-state index contributed by atoms with van der Waals surface area (Å²) in [6.07, 6.45) is 3.29. The van der Waals surface area contributed by atoms with E-state index >= 15 is 0 Å². The van der Waals surface area contributed by atoms with E-state index in [4.69, 9.17) is 4.74 Å². The van der Waals surface area contributed by atoms with Crippen molar-refractivity contribution in [1.82, 2.24) is 4.90 Å². The fraction of sp³-hybridized carbons (Fsp3) is 0.615. The molecule has 0 N–H and O–H groups in total. The van der Waals surface area contributed by atoms with Crippen molar-refractivity contribution in [3.63, 3.8) is 0 Å². The number of rotatable bonds is 4. The van der Waals surface area contributed by atoms with E-state index in [0.29, 0.717) is 6.54 Å². The highest BCUT2D eigenvalue weighted by Gasteiger charge is 2.26. The number of thiophene rings is 1. The molecular formula is C13H17Br2NO2S. The Balaban J connectivity index is 2.01.